The van der Waals surface area contributed by atoms with E-state index in [0.29, 0.717) is 12.5 Å². The monoisotopic (exact) mass is 130 g/mol. The van der Waals surface area contributed by atoms with E-state index in [4.69, 9.17) is 4.74 Å². The van der Waals surface area contributed by atoms with Gasteiger partial charge in [0, 0.05) is 6.42 Å². The SMILES string of the molecule is COC(=O)CCC1CO1. The van der Waals surface area contributed by atoms with Crippen molar-refractivity contribution in [2.45, 2.75) is 18.9 Å². The number of epoxide rings is 1. The highest BCUT2D eigenvalue weighted by atomic mass is 16.6. The molecule has 0 spiro atoms. The summed E-state index contributed by atoms with van der Waals surface area (Å²) in [5.41, 5.74) is 0. The molecule has 0 aromatic carbocycles. The molecule has 9 heavy (non-hydrogen) atoms. The lowest BCUT2D eigenvalue weighted by atomic mass is 10.2. The standard InChI is InChI=1S/C6H10O3/c1-8-6(7)3-2-5-4-9-5/h5H,2-4H2,1H3. The Morgan fingerprint density at radius 1 is 1.89 bits per heavy atom. The largest absolute Gasteiger partial charge is 0.469 e. The second-order valence-electron chi connectivity index (χ2n) is 2.07. The number of methoxy groups -OCH3 is 1. The molecule has 1 rings (SSSR count). The zero-order valence-electron chi connectivity index (χ0n) is 5.42. The first-order valence-corrected chi connectivity index (χ1v) is 3.01. The first-order valence-electron chi connectivity index (χ1n) is 3.01. The van der Waals surface area contributed by atoms with Crippen LogP contribution in [0.25, 0.3) is 0 Å². The summed E-state index contributed by atoms with van der Waals surface area (Å²) in [7, 11) is 1.40. The highest BCUT2D eigenvalue weighted by molar-refractivity contribution is 5.69. The molecule has 0 aromatic heterocycles. The van der Waals surface area contributed by atoms with Gasteiger partial charge in [-0.1, -0.05) is 0 Å². The van der Waals surface area contributed by atoms with Crippen LogP contribution in [0.1, 0.15) is 12.8 Å². The quantitative estimate of drug-likeness (QED) is 0.408. The minimum Gasteiger partial charge on any atom is -0.469 e. The number of esters is 1. The van der Waals surface area contributed by atoms with Crippen LogP contribution in [-0.2, 0) is 14.3 Å². The van der Waals surface area contributed by atoms with Gasteiger partial charge in [-0.25, -0.2) is 0 Å². The van der Waals surface area contributed by atoms with Gasteiger partial charge in [0.2, 0.25) is 0 Å². The van der Waals surface area contributed by atoms with Crippen molar-refractivity contribution in [3.05, 3.63) is 0 Å². The van der Waals surface area contributed by atoms with Crippen LogP contribution >= 0.6 is 0 Å². The summed E-state index contributed by atoms with van der Waals surface area (Å²) in [5, 5.41) is 0. The van der Waals surface area contributed by atoms with Gasteiger partial charge >= 0.3 is 5.97 Å². The molecule has 0 aromatic rings. The van der Waals surface area contributed by atoms with Crippen LogP contribution in [0.4, 0.5) is 0 Å². The molecule has 0 bridgehead atoms. The van der Waals surface area contributed by atoms with Gasteiger partial charge in [-0.2, -0.15) is 0 Å². The Morgan fingerprint density at radius 3 is 3.00 bits per heavy atom. The van der Waals surface area contributed by atoms with E-state index in [0.717, 1.165) is 13.0 Å². The fourth-order valence-electron chi connectivity index (χ4n) is 0.616. The van der Waals surface area contributed by atoms with E-state index >= 15 is 0 Å². The van der Waals surface area contributed by atoms with Crippen molar-refractivity contribution in [3.63, 3.8) is 0 Å². The molecule has 1 aliphatic heterocycles. The molecule has 1 unspecified atom stereocenters. The molecule has 1 atom stereocenters. The average molecular weight is 130 g/mol. The van der Waals surface area contributed by atoms with Gasteiger partial charge in [0.1, 0.15) is 0 Å². The Bertz CT molecular complexity index is 107. The third-order valence-electron chi connectivity index (χ3n) is 1.30. The number of hydrogen-bond donors (Lipinski definition) is 0. The number of hydrogen-bond acceptors (Lipinski definition) is 3. The fraction of sp³-hybridized carbons (Fsp3) is 0.833. The van der Waals surface area contributed by atoms with Gasteiger partial charge in [0.15, 0.2) is 0 Å². The molecule has 1 fully saturated rings. The molecule has 1 aliphatic rings. The van der Waals surface area contributed by atoms with Crippen LogP contribution in [-0.4, -0.2) is 25.8 Å². The molecule has 0 amide bonds. The van der Waals surface area contributed by atoms with Crippen LogP contribution in [0, 0.1) is 0 Å². The number of carbonyl (C=O) groups excluding carboxylic acids is 1. The summed E-state index contributed by atoms with van der Waals surface area (Å²) in [6, 6.07) is 0. The van der Waals surface area contributed by atoms with Crippen LogP contribution in [0.5, 0.6) is 0 Å². The van der Waals surface area contributed by atoms with Crippen LogP contribution in [0.3, 0.4) is 0 Å². The van der Waals surface area contributed by atoms with Crippen molar-refractivity contribution < 1.29 is 14.3 Å². The van der Waals surface area contributed by atoms with E-state index in [1.807, 2.05) is 0 Å². The van der Waals surface area contributed by atoms with E-state index in [1.54, 1.807) is 0 Å². The fourth-order valence-corrected chi connectivity index (χ4v) is 0.616. The van der Waals surface area contributed by atoms with Gasteiger partial charge in [-0.15, -0.1) is 0 Å². The lowest BCUT2D eigenvalue weighted by molar-refractivity contribution is -0.140. The second-order valence-corrected chi connectivity index (χ2v) is 2.07. The van der Waals surface area contributed by atoms with Crippen LogP contribution in [0.15, 0.2) is 0 Å². The van der Waals surface area contributed by atoms with Gasteiger partial charge in [-0.3, -0.25) is 4.79 Å². The Hall–Kier alpha value is -0.570. The number of ether oxygens (including phenoxy) is 2. The van der Waals surface area contributed by atoms with Gasteiger partial charge in [-0.05, 0) is 6.42 Å². The molecule has 52 valence electrons. The van der Waals surface area contributed by atoms with Crippen molar-refractivity contribution in [1.29, 1.82) is 0 Å². The molecule has 0 aliphatic carbocycles. The smallest absolute Gasteiger partial charge is 0.305 e. The topological polar surface area (TPSA) is 38.8 Å². The molecule has 3 heteroatoms. The zero-order valence-corrected chi connectivity index (χ0v) is 5.42. The molecule has 0 radical (unpaired) electrons. The minimum absolute atomic E-state index is 0.148. The summed E-state index contributed by atoms with van der Waals surface area (Å²) in [5.74, 6) is -0.148. The van der Waals surface area contributed by atoms with Gasteiger partial charge < -0.3 is 9.47 Å². The lowest BCUT2D eigenvalue weighted by Gasteiger charge is -1.93. The van der Waals surface area contributed by atoms with E-state index in [-0.39, 0.29) is 5.97 Å². The molecular formula is C6H10O3. The Labute approximate surface area is 53.9 Å². The maximum Gasteiger partial charge on any atom is 0.305 e. The molecule has 0 saturated carbocycles. The summed E-state index contributed by atoms with van der Waals surface area (Å²) in [6.07, 6.45) is 1.64. The number of carbonyl (C=O) groups is 1. The second kappa shape index (κ2) is 2.82. The third-order valence-corrected chi connectivity index (χ3v) is 1.30. The van der Waals surface area contributed by atoms with Crippen molar-refractivity contribution in [2.75, 3.05) is 13.7 Å². The third kappa shape index (κ3) is 2.46. The number of rotatable bonds is 3. The first kappa shape index (κ1) is 6.55. The van der Waals surface area contributed by atoms with E-state index in [1.165, 1.54) is 7.11 Å². The van der Waals surface area contributed by atoms with Crippen molar-refractivity contribution in [2.24, 2.45) is 0 Å². The first-order chi connectivity index (χ1) is 4.33. The zero-order chi connectivity index (χ0) is 6.69. The van der Waals surface area contributed by atoms with Crippen molar-refractivity contribution in [1.82, 2.24) is 0 Å². The predicted molar refractivity (Wildman–Crippen MR) is 31.0 cm³/mol. The highest BCUT2D eigenvalue weighted by Gasteiger charge is 2.22. The summed E-state index contributed by atoms with van der Waals surface area (Å²) in [4.78, 5) is 10.5. The molecule has 1 heterocycles. The van der Waals surface area contributed by atoms with Gasteiger partial charge in [0.25, 0.3) is 0 Å². The van der Waals surface area contributed by atoms with Crippen LogP contribution in [0.2, 0.25) is 0 Å². The Balaban J connectivity index is 1.96. The lowest BCUT2D eigenvalue weighted by Crippen LogP contribution is -2.01. The molecule has 1 saturated heterocycles. The predicted octanol–water partition coefficient (Wildman–Crippen LogP) is 0.338. The maximum absolute atomic E-state index is 10.5. The Morgan fingerprint density at radius 2 is 2.56 bits per heavy atom. The summed E-state index contributed by atoms with van der Waals surface area (Å²) in [6.45, 7) is 0.816. The summed E-state index contributed by atoms with van der Waals surface area (Å²) < 4.78 is 9.33. The van der Waals surface area contributed by atoms with E-state index < -0.39 is 0 Å². The molecule has 0 N–H and O–H groups in total. The minimum atomic E-state index is -0.148. The van der Waals surface area contributed by atoms with E-state index in [2.05, 4.69) is 4.74 Å². The van der Waals surface area contributed by atoms with Gasteiger partial charge in [0.05, 0.1) is 19.8 Å². The van der Waals surface area contributed by atoms with Crippen LogP contribution < -0.4 is 0 Å². The van der Waals surface area contributed by atoms with Crippen molar-refractivity contribution >= 4 is 5.97 Å². The normalized spacial score (nSPS) is 23.4. The maximum atomic E-state index is 10.5. The Kier molecular flexibility index (Phi) is 2.05. The molecule has 3 nitrogen and oxygen atoms in total. The summed E-state index contributed by atoms with van der Waals surface area (Å²) >= 11 is 0. The van der Waals surface area contributed by atoms with E-state index in [9.17, 15) is 4.79 Å². The molecular weight excluding hydrogens is 120 g/mol. The average Bonchev–Trinajstić information content (AvgIpc) is 2.65. The van der Waals surface area contributed by atoms with Crippen molar-refractivity contribution in [3.8, 4) is 0 Å². The highest BCUT2D eigenvalue weighted by Crippen LogP contribution is 2.15.